The highest BCUT2D eigenvalue weighted by atomic mass is 32.2. The van der Waals surface area contributed by atoms with E-state index in [1.165, 1.54) is 0 Å². The molecule has 21 heavy (non-hydrogen) atoms. The van der Waals surface area contributed by atoms with Gasteiger partial charge < -0.3 is 10.3 Å². The van der Waals surface area contributed by atoms with Crippen molar-refractivity contribution in [2.24, 2.45) is 11.7 Å². The van der Waals surface area contributed by atoms with E-state index in [0.717, 1.165) is 42.9 Å². The van der Waals surface area contributed by atoms with Gasteiger partial charge in [-0.2, -0.15) is 11.8 Å². The Morgan fingerprint density at radius 3 is 2.62 bits per heavy atom. The van der Waals surface area contributed by atoms with Gasteiger partial charge >= 0.3 is 0 Å². The summed E-state index contributed by atoms with van der Waals surface area (Å²) in [7, 11) is -3.41. The minimum absolute atomic E-state index is 0.361. The van der Waals surface area contributed by atoms with Crippen LogP contribution in [-0.2, 0) is 16.6 Å². The molecule has 0 amide bonds. The third-order valence-electron chi connectivity index (χ3n) is 4.27. The molecule has 0 bridgehead atoms. The Morgan fingerprint density at radius 2 is 2.00 bits per heavy atom. The Kier molecular flexibility index (Phi) is 4.63. The summed E-state index contributed by atoms with van der Waals surface area (Å²) in [6, 6.07) is 2.17. The third-order valence-corrected chi connectivity index (χ3v) is 6.71. The molecule has 0 atom stereocenters. The number of aromatic nitrogens is 1. The van der Waals surface area contributed by atoms with Gasteiger partial charge in [0.25, 0.3) is 0 Å². The largest absolute Gasteiger partial charge is 0.346 e. The zero-order chi connectivity index (χ0) is 14.9. The van der Waals surface area contributed by atoms with E-state index in [-0.39, 0.29) is 0 Å². The van der Waals surface area contributed by atoms with Gasteiger partial charge in [-0.25, -0.2) is 13.1 Å². The molecule has 2 aliphatic rings. The van der Waals surface area contributed by atoms with Gasteiger partial charge in [0.1, 0.15) is 0 Å². The summed E-state index contributed by atoms with van der Waals surface area (Å²) in [5, 5.41) is 0. The first-order valence-electron chi connectivity index (χ1n) is 7.58. The second-order valence-electron chi connectivity index (χ2n) is 5.92. The molecule has 1 saturated carbocycles. The summed E-state index contributed by atoms with van der Waals surface area (Å²) in [4.78, 5) is 0.361. The highest BCUT2D eigenvalue weighted by Gasteiger charge is 2.28. The monoisotopic (exact) mass is 329 g/mol. The van der Waals surface area contributed by atoms with Gasteiger partial charge in [0.05, 0.1) is 4.90 Å². The molecule has 3 rings (SSSR count). The maximum Gasteiger partial charge on any atom is 0.242 e. The number of nitrogens with zero attached hydrogens (tertiary/aromatic N) is 1. The molecule has 1 aliphatic carbocycles. The van der Waals surface area contributed by atoms with E-state index < -0.39 is 10.0 Å². The van der Waals surface area contributed by atoms with Crippen LogP contribution in [0.2, 0.25) is 0 Å². The molecular formula is C14H23N3O2S2. The highest BCUT2D eigenvalue weighted by Crippen LogP contribution is 2.37. The SMILES string of the molecule is NCc1cc(S(=O)(=O)NCC2CCSCC2)cn1C1CC1. The Bertz CT molecular complexity index is 587. The molecule has 118 valence electrons. The van der Waals surface area contributed by atoms with Gasteiger partial charge in [0.15, 0.2) is 0 Å². The van der Waals surface area contributed by atoms with Crippen molar-refractivity contribution in [2.45, 2.75) is 43.2 Å². The number of nitrogens with two attached hydrogens (primary N) is 1. The Labute approximate surface area is 130 Å². The number of rotatable bonds is 6. The van der Waals surface area contributed by atoms with Crippen LogP contribution in [0, 0.1) is 5.92 Å². The van der Waals surface area contributed by atoms with Crippen molar-refractivity contribution < 1.29 is 8.42 Å². The van der Waals surface area contributed by atoms with Crippen LogP contribution >= 0.6 is 11.8 Å². The maximum absolute atomic E-state index is 12.4. The number of thioether (sulfide) groups is 1. The molecule has 0 radical (unpaired) electrons. The summed E-state index contributed by atoms with van der Waals surface area (Å²) in [5.74, 6) is 2.75. The van der Waals surface area contributed by atoms with E-state index in [2.05, 4.69) is 4.72 Å². The van der Waals surface area contributed by atoms with Gasteiger partial charge in [0, 0.05) is 31.0 Å². The molecule has 1 aliphatic heterocycles. The standard InChI is InChI=1S/C14H23N3O2S2/c15-8-13-7-14(10-17(13)12-1-2-12)21(18,19)16-9-11-3-5-20-6-4-11/h7,10-12,16H,1-6,8-9,15H2. The van der Waals surface area contributed by atoms with Gasteiger partial charge in [-0.05, 0) is 49.2 Å². The fourth-order valence-electron chi connectivity index (χ4n) is 2.76. The van der Waals surface area contributed by atoms with E-state index in [9.17, 15) is 8.42 Å². The topological polar surface area (TPSA) is 77.1 Å². The van der Waals surface area contributed by atoms with E-state index in [1.54, 1.807) is 12.3 Å². The number of hydrogen-bond donors (Lipinski definition) is 2. The van der Waals surface area contributed by atoms with Crippen LogP contribution in [0.15, 0.2) is 17.2 Å². The van der Waals surface area contributed by atoms with Crippen LogP contribution in [0.25, 0.3) is 0 Å². The first kappa shape index (κ1) is 15.4. The molecule has 7 heteroatoms. The summed E-state index contributed by atoms with van der Waals surface area (Å²) >= 11 is 1.95. The molecule has 3 N–H and O–H groups in total. The second kappa shape index (κ2) is 6.32. The Balaban J connectivity index is 1.68. The lowest BCUT2D eigenvalue weighted by Crippen LogP contribution is -2.30. The normalized spacial score (nSPS) is 20.8. The van der Waals surface area contributed by atoms with Crippen molar-refractivity contribution in [1.82, 2.24) is 9.29 Å². The molecule has 1 saturated heterocycles. The summed E-state index contributed by atoms with van der Waals surface area (Å²) in [5.41, 5.74) is 6.63. The van der Waals surface area contributed by atoms with Crippen molar-refractivity contribution >= 4 is 21.8 Å². The predicted molar refractivity (Wildman–Crippen MR) is 85.8 cm³/mol. The quantitative estimate of drug-likeness (QED) is 0.833. The van der Waals surface area contributed by atoms with Crippen molar-refractivity contribution in [2.75, 3.05) is 18.1 Å². The van der Waals surface area contributed by atoms with Crippen molar-refractivity contribution in [3.63, 3.8) is 0 Å². The molecule has 5 nitrogen and oxygen atoms in total. The average Bonchev–Trinajstić information content (AvgIpc) is 3.24. The predicted octanol–water partition coefficient (Wildman–Crippen LogP) is 1.70. The van der Waals surface area contributed by atoms with Crippen LogP contribution in [0.4, 0.5) is 0 Å². The zero-order valence-corrected chi connectivity index (χ0v) is 13.8. The molecule has 2 heterocycles. The average molecular weight is 329 g/mol. The van der Waals surface area contributed by atoms with Gasteiger partial charge in [-0.1, -0.05) is 0 Å². The van der Waals surface area contributed by atoms with Crippen LogP contribution in [0.1, 0.15) is 37.4 Å². The Morgan fingerprint density at radius 1 is 1.29 bits per heavy atom. The number of sulfonamides is 1. The molecule has 1 aromatic rings. The van der Waals surface area contributed by atoms with Crippen LogP contribution in [0.3, 0.4) is 0 Å². The minimum atomic E-state index is -3.41. The molecule has 0 unspecified atom stereocenters. The smallest absolute Gasteiger partial charge is 0.242 e. The van der Waals surface area contributed by atoms with Crippen molar-refractivity contribution in [3.05, 3.63) is 18.0 Å². The van der Waals surface area contributed by atoms with Crippen LogP contribution in [0.5, 0.6) is 0 Å². The lowest BCUT2D eigenvalue weighted by molar-refractivity contribution is 0.476. The third kappa shape index (κ3) is 3.64. The lowest BCUT2D eigenvalue weighted by atomic mass is 10.0. The summed E-state index contributed by atoms with van der Waals surface area (Å²) in [6.45, 7) is 0.932. The lowest BCUT2D eigenvalue weighted by Gasteiger charge is -2.21. The maximum atomic E-state index is 12.4. The Hall–Kier alpha value is -0.500. The molecule has 1 aromatic heterocycles. The fraction of sp³-hybridized carbons (Fsp3) is 0.714. The summed E-state index contributed by atoms with van der Waals surface area (Å²) in [6.07, 6.45) is 6.19. The number of nitrogens with one attached hydrogen (secondary N) is 1. The van der Waals surface area contributed by atoms with Gasteiger partial charge in [0.2, 0.25) is 10.0 Å². The molecule has 0 spiro atoms. The van der Waals surface area contributed by atoms with Crippen LogP contribution < -0.4 is 10.5 Å². The highest BCUT2D eigenvalue weighted by molar-refractivity contribution is 7.99. The molecular weight excluding hydrogens is 306 g/mol. The van der Waals surface area contributed by atoms with Crippen molar-refractivity contribution in [3.8, 4) is 0 Å². The fourth-order valence-corrected chi connectivity index (χ4v) is 5.13. The molecule has 2 fully saturated rings. The van der Waals surface area contributed by atoms with Gasteiger partial charge in [-0.3, -0.25) is 0 Å². The first-order valence-corrected chi connectivity index (χ1v) is 10.2. The van der Waals surface area contributed by atoms with E-state index in [4.69, 9.17) is 5.73 Å². The van der Waals surface area contributed by atoms with Crippen LogP contribution in [-0.4, -0.2) is 31.0 Å². The second-order valence-corrected chi connectivity index (χ2v) is 8.91. The van der Waals surface area contributed by atoms with Gasteiger partial charge in [-0.15, -0.1) is 0 Å². The van der Waals surface area contributed by atoms with E-state index in [0.29, 0.717) is 29.9 Å². The van der Waals surface area contributed by atoms with E-state index >= 15 is 0 Å². The molecule has 0 aromatic carbocycles. The minimum Gasteiger partial charge on any atom is -0.346 e. The zero-order valence-electron chi connectivity index (χ0n) is 12.1. The number of hydrogen-bond acceptors (Lipinski definition) is 4. The first-order chi connectivity index (χ1) is 10.1. The van der Waals surface area contributed by atoms with E-state index in [1.807, 2.05) is 16.3 Å². The summed E-state index contributed by atoms with van der Waals surface area (Å²) < 4.78 is 29.7. The van der Waals surface area contributed by atoms with Crippen molar-refractivity contribution in [1.29, 1.82) is 0 Å².